The number of carboxylic acid groups (broad SMARTS) is 4. The van der Waals surface area contributed by atoms with Crippen LogP contribution in [0.2, 0.25) is 0 Å². The van der Waals surface area contributed by atoms with E-state index in [1.54, 1.807) is 48.5 Å². The van der Waals surface area contributed by atoms with Crippen molar-refractivity contribution in [3.05, 3.63) is 171 Å². The van der Waals surface area contributed by atoms with E-state index in [9.17, 15) is 90.8 Å². The fraction of sp³-hybridized carbons (Fsp3) is 0.127. The second kappa shape index (κ2) is 29.8. The number of phenolic OH excluding ortho intramolecular Hbond substituents is 2. The number of fused-ring (bicyclic) bond motifs is 2. The molecule has 17 N–H and O–H groups in total. The molecule has 0 spiro atoms. The number of aliphatic hydroxyl groups is 2. The maximum absolute atomic E-state index is 13.5. The molecule has 2 heterocycles. The molecule has 36 nitrogen and oxygen atoms in total. The van der Waals surface area contributed by atoms with Crippen molar-refractivity contribution in [2.24, 2.45) is 20.5 Å². The first kappa shape index (κ1) is 70.8. The molecule has 518 valence electrons. The maximum atomic E-state index is 13.5. The molecule has 0 aliphatic heterocycles. The van der Waals surface area contributed by atoms with Crippen LogP contribution in [0.1, 0.15) is 74.0 Å². The number of phenols is 2. The second-order valence-electron chi connectivity index (χ2n) is 21.7. The van der Waals surface area contributed by atoms with E-state index in [2.05, 4.69) is 87.6 Å². The molecule has 0 aliphatic rings. The number of aromatic nitrogens is 6. The van der Waals surface area contributed by atoms with Crippen molar-refractivity contribution in [3.8, 4) is 11.5 Å². The van der Waals surface area contributed by atoms with Gasteiger partial charge in [0.15, 0.2) is 11.5 Å². The zero-order valence-electron chi connectivity index (χ0n) is 52.2. The summed E-state index contributed by atoms with van der Waals surface area (Å²) < 4.78 is 70.6. The van der Waals surface area contributed by atoms with Crippen molar-refractivity contribution in [1.82, 2.24) is 29.9 Å². The van der Waals surface area contributed by atoms with Gasteiger partial charge in [0.05, 0.1) is 68.0 Å². The van der Waals surface area contributed by atoms with Crippen LogP contribution in [0.3, 0.4) is 0 Å². The fourth-order valence-corrected chi connectivity index (χ4v) is 10.9. The first-order valence-electron chi connectivity index (χ1n) is 29.4. The third-order valence-electron chi connectivity index (χ3n) is 14.5. The molecule has 8 aromatic carbocycles. The molecule has 10 aromatic rings. The molecule has 0 aliphatic carbocycles. The van der Waals surface area contributed by atoms with Gasteiger partial charge >= 0.3 is 23.9 Å². The number of aliphatic hydroxyl groups excluding tert-OH is 2. The largest absolute Gasteiger partial charge is 0.505 e. The summed E-state index contributed by atoms with van der Waals surface area (Å²) >= 11 is 0. The molecular weight excluding hydrogens is 1360 g/mol. The SMILES string of the molecule is Cc1cc2cc(S(=O)(=O)O)cc(Nc3nc(NCCO)nc(NCc4ccc(NC(=O)c5ccc(CNc6nc(NCCO)nc(Nc7cc(S(=O)(=O)O)cc8cc(C)c(N=Nc9cc(C(=O)O)cc(C(=O)O)c9)c(O)c78)n6)cc5)cc4)n3)c2c(O)c1N=Nc1cc(C(=O)O)cc(C(=O)O)c1. The van der Waals surface area contributed by atoms with Crippen molar-refractivity contribution in [3.63, 3.8) is 0 Å². The number of aromatic hydroxyl groups is 2. The van der Waals surface area contributed by atoms with Crippen LogP contribution in [0.4, 0.5) is 75.5 Å². The third kappa shape index (κ3) is 17.2. The average Bonchev–Trinajstić information content (AvgIpc) is 0.763. The van der Waals surface area contributed by atoms with Crippen molar-refractivity contribution in [2.75, 3.05) is 63.5 Å². The predicted molar refractivity (Wildman–Crippen MR) is 362 cm³/mol. The van der Waals surface area contributed by atoms with E-state index in [1.807, 2.05) is 0 Å². The van der Waals surface area contributed by atoms with E-state index in [4.69, 9.17) is 0 Å². The number of carbonyl (C=O) groups excluding carboxylic acids is 1. The molecule has 0 unspecified atom stereocenters. The van der Waals surface area contributed by atoms with Gasteiger partial charge in [0, 0.05) is 48.2 Å². The van der Waals surface area contributed by atoms with Crippen LogP contribution >= 0.6 is 0 Å². The fourth-order valence-electron chi connectivity index (χ4n) is 9.84. The Kier molecular flexibility index (Phi) is 20.9. The van der Waals surface area contributed by atoms with Crippen LogP contribution in [0.5, 0.6) is 11.5 Å². The van der Waals surface area contributed by atoms with Crippen LogP contribution in [0, 0.1) is 13.8 Å². The lowest BCUT2D eigenvalue weighted by molar-refractivity contribution is 0.0676. The van der Waals surface area contributed by atoms with Crippen LogP contribution in [-0.4, -0.2) is 153 Å². The molecule has 2 aromatic heterocycles. The molecule has 0 saturated carbocycles. The minimum absolute atomic E-state index is 0.0222. The number of benzene rings is 8. The Labute approximate surface area is 568 Å². The second-order valence-corrected chi connectivity index (χ2v) is 24.6. The predicted octanol–water partition coefficient (Wildman–Crippen LogP) is 9.28. The van der Waals surface area contributed by atoms with Gasteiger partial charge in [-0.05, 0) is 144 Å². The van der Waals surface area contributed by atoms with Gasteiger partial charge in [-0.1, -0.05) is 24.3 Å². The molecule has 38 heteroatoms. The molecular formula is C63H55N17O19S2. The van der Waals surface area contributed by atoms with E-state index in [1.165, 1.54) is 26.0 Å². The summed E-state index contributed by atoms with van der Waals surface area (Å²) in [6, 6.07) is 26.1. The van der Waals surface area contributed by atoms with Gasteiger partial charge in [0.2, 0.25) is 35.7 Å². The molecule has 10 rings (SSSR count). The molecule has 1 amide bonds. The van der Waals surface area contributed by atoms with Gasteiger partial charge < -0.3 is 78.1 Å². The van der Waals surface area contributed by atoms with Gasteiger partial charge in [-0.3, -0.25) is 13.9 Å². The summed E-state index contributed by atoms with van der Waals surface area (Å²) in [5.41, 5.74) is -0.317. The minimum atomic E-state index is -4.89. The number of hydrogen-bond donors (Lipinski definition) is 17. The number of carbonyl (C=O) groups is 5. The molecule has 0 bridgehead atoms. The number of amides is 1. The summed E-state index contributed by atoms with van der Waals surface area (Å²) in [6.45, 7) is 2.38. The molecule has 0 fully saturated rings. The normalized spacial score (nSPS) is 11.6. The van der Waals surface area contributed by atoms with E-state index < -0.39 is 93.6 Å². The Bertz CT molecular complexity index is 5240. The van der Waals surface area contributed by atoms with Crippen molar-refractivity contribution >= 4 is 147 Å². The first-order valence-corrected chi connectivity index (χ1v) is 32.2. The molecule has 0 saturated heterocycles. The zero-order chi connectivity index (χ0) is 72.6. The smallest absolute Gasteiger partial charge is 0.335 e. The van der Waals surface area contributed by atoms with Crippen molar-refractivity contribution in [2.45, 2.75) is 36.7 Å². The number of aryl methyl sites for hydroxylation is 2. The van der Waals surface area contributed by atoms with Crippen LogP contribution in [0.15, 0.2) is 152 Å². The van der Waals surface area contributed by atoms with Gasteiger partial charge in [-0.15, -0.1) is 10.2 Å². The van der Waals surface area contributed by atoms with Crippen molar-refractivity contribution < 1.29 is 90.8 Å². The minimum Gasteiger partial charge on any atom is -0.505 e. The highest BCUT2D eigenvalue weighted by atomic mass is 32.2. The quantitative estimate of drug-likeness (QED) is 0.0160. The number of aromatic carboxylic acids is 4. The summed E-state index contributed by atoms with van der Waals surface area (Å²) in [5.74, 6) is -8.15. The maximum Gasteiger partial charge on any atom is 0.335 e. The molecule has 101 heavy (non-hydrogen) atoms. The number of rotatable bonds is 28. The van der Waals surface area contributed by atoms with Crippen molar-refractivity contribution in [1.29, 1.82) is 0 Å². The highest BCUT2D eigenvalue weighted by molar-refractivity contribution is 7.86. The number of nitrogens with zero attached hydrogens (tertiary/aromatic N) is 10. The van der Waals surface area contributed by atoms with Gasteiger partial charge in [0.1, 0.15) is 11.4 Å². The first-order chi connectivity index (χ1) is 48.0. The number of azo groups is 2. The molecule has 0 radical (unpaired) electrons. The van der Waals surface area contributed by atoms with E-state index in [0.717, 1.165) is 60.7 Å². The van der Waals surface area contributed by atoms with E-state index in [-0.39, 0.29) is 147 Å². The van der Waals surface area contributed by atoms with Gasteiger partial charge in [-0.2, -0.15) is 57.0 Å². The van der Waals surface area contributed by atoms with Crippen LogP contribution in [-0.2, 0) is 33.3 Å². The number of hydrogen-bond acceptors (Lipinski definition) is 29. The Hall–Kier alpha value is -13.0. The Morgan fingerprint density at radius 2 is 0.772 bits per heavy atom. The number of carboxylic acids is 4. The number of nitrogens with one attached hydrogen (secondary N) is 7. The Morgan fingerprint density at radius 3 is 1.12 bits per heavy atom. The summed E-state index contributed by atoms with van der Waals surface area (Å²) in [5, 5.41) is 117. The van der Waals surface area contributed by atoms with E-state index in [0.29, 0.717) is 16.8 Å². The Morgan fingerprint density at radius 1 is 0.426 bits per heavy atom. The Balaban J connectivity index is 0.823. The van der Waals surface area contributed by atoms with Crippen LogP contribution < -0.4 is 37.2 Å². The lowest BCUT2D eigenvalue weighted by Gasteiger charge is -2.16. The highest BCUT2D eigenvalue weighted by Crippen LogP contribution is 2.46. The lowest BCUT2D eigenvalue weighted by Crippen LogP contribution is -2.14. The zero-order valence-corrected chi connectivity index (χ0v) is 53.9. The van der Waals surface area contributed by atoms with E-state index >= 15 is 0 Å². The van der Waals surface area contributed by atoms with Gasteiger partial charge in [0.25, 0.3) is 26.1 Å². The summed E-state index contributed by atoms with van der Waals surface area (Å²) in [7, 11) is -9.77. The number of anilines is 9. The topological polar surface area (TPSA) is 567 Å². The molecule has 0 atom stereocenters. The average molecular weight is 1420 g/mol. The summed E-state index contributed by atoms with van der Waals surface area (Å²) in [6.07, 6.45) is 0. The monoisotopic (exact) mass is 1420 g/mol. The third-order valence-corrected chi connectivity index (χ3v) is 16.2. The van der Waals surface area contributed by atoms with Crippen LogP contribution in [0.25, 0.3) is 21.5 Å². The standard InChI is InChI=1S/C63H55N17O19S2/c1-29-15-34-23-43(100(94,95)96)25-45(47(34)51(83)49(29)79-77-41-19-36(54(86)87)17-37(20-41)55(88)89)69-62-73-58(64-11-13-81)71-60(75-62)66-27-31-3-7-33(8-4-31)53(85)68-40-9-5-32(6-10-40)28-67-61-72-59(65-12-14-82)74-63(76-61)70-46-26-44(101(97,98)99)24-35-16-30(2)50(52(84)48(35)46)80-78-42-21-38(56(90)91)18-39(22-42)57(92)93/h3-10,15-26,81-84H,11-14,27-28H2,1-2H3,(H,68,85)(H,86,87)(H,88,89)(H,90,91)(H,92,93)(H,94,95,96)(H,97,98,99)(H3,64,66,69,71,73,75)(H3,65,67,70,72,74,76). The summed E-state index contributed by atoms with van der Waals surface area (Å²) in [4.78, 5) is 85.5. The van der Waals surface area contributed by atoms with Gasteiger partial charge in [-0.25, -0.2) is 19.2 Å². The lowest BCUT2D eigenvalue weighted by atomic mass is 10.0. The highest BCUT2D eigenvalue weighted by Gasteiger charge is 2.24.